The molecule has 0 aromatic heterocycles. The van der Waals surface area contributed by atoms with Gasteiger partial charge in [0.2, 0.25) is 0 Å². The first kappa shape index (κ1) is 24.3. The molecular formula is C25H35FO4. The first-order valence-corrected chi connectivity index (χ1v) is 11.0. The number of aliphatic hydroxyl groups is 1. The second-order valence-corrected chi connectivity index (χ2v) is 8.03. The van der Waals surface area contributed by atoms with Crippen LogP contribution in [0.4, 0.5) is 4.39 Å². The highest BCUT2D eigenvalue weighted by Crippen LogP contribution is 2.38. The van der Waals surface area contributed by atoms with Gasteiger partial charge in [-0.2, -0.15) is 0 Å². The largest absolute Gasteiger partial charge is 0.481 e. The van der Waals surface area contributed by atoms with Gasteiger partial charge in [-0.25, -0.2) is 4.39 Å². The number of rotatable bonds is 13. The van der Waals surface area contributed by atoms with Crippen LogP contribution in [-0.4, -0.2) is 35.1 Å². The van der Waals surface area contributed by atoms with Crippen LogP contribution < -0.4 is 0 Å². The Hall–Kier alpha value is -1.98. The van der Waals surface area contributed by atoms with Crippen molar-refractivity contribution in [2.45, 2.75) is 70.8 Å². The Bertz CT molecular complexity index is 700. The number of alkyl halides is 1. The first-order valence-electron chi connectivity index (χ1n) is 11.0. The van der Waals surface area contributed by atoms with Crippen LogP contribution in [0.15, 0.2) is 48.6 Å². The molecule has 0 spiro atoms. The topological polar surface area (TPSA) is 66.8 Å². The van der Waals surface area contributed by atoms with E-state index in [0.29, 0.717) is 45.3 Å². The molecule has 4 atom stereocenters. The lowest BCUT2D eigenvalue weighted by Crippen LogP contribution is -2.15. The zero-order valence-corrected chi connectivity index (χ0v) is 17.9. The second-order valence-electron chi connectivity index (χ2n) is 8.03. The van der Waals surface area contributed by atoms with Crippen molar-refractivity contribution in [1.29, 1.82) is 0 Å². The molecule has 1 aliphatic rings. The minimum Gasteiger partial charge on any atom is -0.481 e. The van der Waals surface area contributed by atoms with Crippen molar-refractivity contribution in [1.82, 2.24) is 0 Å². The zero-order chi connectivity index (χ0) is 21.8. The van der Waals surface area contributed by atoms with Crippen LogP contribution in [0.3, 0.4) is 0 Å². The number of halogens is 1. The SMILES string of the molecule is CCOCc1cccc(CC(O)/C=C/C2CCC(F)[C@@H]2C/C=C\CCCC(=O)O)c1. The summed E-state index contributed by atoms with van der Waals surface area (Å²) in [6, 6.07) is 8.04. The third kappa shape index (κ3) is 8.80. The molecule has 3 unspecified atom stereocenters. The van der Waals surface area contributed by atoms with Crippen LogP contribution in [0, 0.1) is 11.8 Å². The van der Waals surface area contributed by atoms with Gasteiger partial charge in [-0.05, 0) is 62.0 Å². The summed E-state index contributed by atoms with van der Waals surface area (Å²) in [6.45, 7) is 3.21. The standard InChI is InChI=1S/C25H35FO4/c1-2-30-18-20-9-7-8-19(16-20)17-22(27)14-12-21-13-15-24(26)23(21)10-5-3-4-6-11-25(28)29/h3,5,7-9,12,14,16,21-24,27H,2,4,6,10-11,13,15,17-18H2,1H3,(H,28,29)/b5-3-,14-12+/t21?,22?,23-,24?/m1/s1. The summed E-state index contributed by atoms with van der Waals surface area (Å²) < 4.78 is 19.8. The van der Waals surface area contributed by atoms with E-state index in [1.807, 2.05) is 49.4 Å². The molecule has 0 heterocycles. The maximum absolute atomic E-state index is 14.3. The van der Waals surface area contributed by atoms with Crippen molar-refractivity contribution >= 4 is 5.97 Å². The summed E-state index contributed by atoms with van der Waals surface area (Å²) in [6.07, 6.45) is 10.3. The van der Waals surface area contributed by atoms with Crippen LogP contribution in [0.5, 0.6) is 0 Å². The summed E-state index contributed by atoms with van der Waals surface area (Å²) >= 11 is 0. The Kier molecular flexibility index (Phi) is 10.8. The molecule has 4 nitrogen and oxygen atoms in total. The number of aliphatic carboxylic acids is 1. The molecule has 1 aromatic carbocycles. The summed E-state index contributed by atoms with van der Waals surface area (Å²) in [5, 5.41) is 19.1. The number of ether oxygens (including phenoxy) is 1. The van der Waals surface area contributed by atoms with Gasteiger partial charge >= 0.3 is 5.97 Å². The van der Waals surface area contributed by atoms with Crippen LogP contribution in [-0.2, 0) is 22.6 Å². The Balaban J connectivity index is 1.82. The highest BCUT2D eigenvalue weighted by molar-refractivity contribution is 5.66. The smallest absolute Gasteiger partial charge is 0.303 e. The molecule has 2 rings (SSSR count). The molecular weight excluding hydrogens is 383 g/mol. The van der Waals surface area contributed by atoms with E-state index in [9.17, 15) is 14.3 Å². The summed E-state index contributed by atoms with van der Waals surface area (Å²) in [7, 11) is 0. The van der Waals surface area contributed by atoms with Crippen molar-refractivity contribution < 1.29 is 24.1 Å². The Morgan fingerprint density at radius 3 is 2.87 bits per heavy atom. The molecule has 1 fully saturated rings. The summed E-state index contributed by atoms with van der Waals surface area (Å²) in [5.74, 6) is -0.728. The molecule has 1 aromatic rings. The lowest BCUT2D eigenvalue weighted by molar-refractivity contribution is -0.137. The number of unbranched alkanes of at least 4 members (excludes halogenated alkanes) is 1. The van der Waals surface area contributed by atoms with Crippen LogP contribution >= 0.6 is 0 Å². The first-order chi connectivity index (χ1) is 14.5. The number of hydrogen-bond donors (Lipinski definition) is 2. The Labute approximate surface area is 179 Å². The fourth-order valence-corrected chi connectivity index (χ4v) is 4.00. The Morgan fingerprint density at radius 1 is 1.30 bits per heavy atom. The maximum atomic E-state index is 14.3. The molecule has 0 radical (unpaired) electrons. The second kappa shape index (κ2) is 13.3. The third-order valence-electron chi connectivity index (χ3n) is 5.62. The van der Waals surface area contributed by atoms with Crippen LogP contribution in [0.25, 0.3) is 0 Å². The lowest BCUT2D eigenvalue weighted by atomic mass is 9.90. The van der Waals surface area contributed by atoms with E-state index in [4.69, 9.17) is 9.84 Å². The molecule has 1 aliphatic carbocycles. The number of carboxylic acid groups (broad SMARTS) is 1. The van der Waals surface area contributed by atoms with Gasteiger partial charge in [0.05, 0.1) is 12.7 Å². The predicted molar refractivity (Wildman–Crippen MR) is 117 cm³/mol. The molecule has 0 amide bonds. The van der Waals surface area contributed by atoms with E-state index < -0.39 is 18.2 Å². The van der Waals surface area contributed by atoms with Gasteiger partial charge < -0.3 is 14.9 Å². The van der Waals surface area contributed by atoms with Crippen molar-refractivity contribution in [3.05, 3.63) is 59.7 Å². The molecule has 2 N–H and O–H groups in total. The van der Waals surface area contributed by atoms with E-state index in [1.165, 1.54) is 0 Å². The van der Waals surface area contributed by atoms with Crippen molar-refractivity contribution in [2.75, 3.05) is 6.61 Å². The molecule has 0 saturated heterocycles. The number of hydrogen-bond acceptors (Lipinski definition) is 3. The van der Waals surface area contributed by atoms with Crippen molar-refractivity contribution in [3.63, 3.8) is 0 Å². The summed E-state index contributed by atoms with van der Waals surface area (Å²) in [4.78, 5) is 10.5. The minimum absolute atomic E-state index is 0.0707. The average molecular weight is 419 g/mol. The van der Waals surface area contributed by atoms with E-state index in [0.717, 1.165) is 17.5 Å². The van der Waals surface area contributed by atoms with E-state index >= 15 is 0 Å². The van der Waals surface area contributed by atoms with Crippen molar-refractivity contribution in [2.24, 2.45) is 11.8 Å². The monoisotopic (exact) mass is 418 g/mol. The summed E-state index contributed by atoms with van der Waals surface area (Å²) in [5.41, 5.74) is 2.15. The average Bonchev–Trinajstić information content (AvgIpc) is 3.07. The lowest BCUT2D eigenvalue weighted by Gasteiger charge is -2.17. The normalized spacial score (nSPS) is 22.8. The van der Waals surface area contributed by atoms with Crippen LogP contribution in [0.2, 0.25) is 0 Å². The number of aliphatic hydroxyl groups excluding tert-OH is 1. The highest BCUT2D eigenvalue weighted by Gasteiger charge is 2.33. The number of carboxylic acids is 1. The van der Waals surface area contributed by atoms with Gasteiger partial charge in [0.15, 0.2) is 0 Å². The molecule has 0 aliphatic heterocycles. The number of carbonyl (C=O) groups is 1. The molecule has 30 heavy (non-hydrogen) atoms. The van der Waals surface area contributed by atoms with Gasteiger partial charge in [0.1, 0.15) is 6.17 Å². The van der Waals surface area contributed by atoms with Gasteiger partial charge in [-0.3, -0.25) is 4.79 Å². The third-order valence-corrected chi connectivity index (χ3v) is 5.62. The van der Waals surface area contributed by atoms with Gasteiger partial charge in [0, 0.05) is 19.4 Å². The van der Waals surface area contributed by atoms with Gasteiger partial charge in [-0.15, -0.1) is 0 Å². The maximum Gasteiger partial charge on any atom is 0.303 e. The Morgan fingerprint density at radius 2 is 2.10 bits per heavy atom. The van der Waals surface area contributed by atoms with Gasteiger partial charge in [0.25, 0.3) is 0 Å². The minimum atomic E-state index is -0.823. The zero-order valence-electron chi connectivity index (χ0n) is 17.9. The predicted octanol–water partition coefficient (Wildman–Crippen LogP) is 5.25. The fraction of sp³-hybridized carbons (Fsp3) is 0.560. The molecule has 166 valence electrons. The number of allylic oxidation sites excluding steroid dienone is 3. The van der Waals surface area contributed by atoms with E-state index in [2.05, 4.69) is 6.07 Å². The van der Waals surface area contributed by atoms with Crippen LogP contribution in [0.1, 0.15) is 56.6 Å². The quantitative estimate of drug-likeness (QED) is 0.339. The number of benzene rings is 1. The molecule has 0 bridgehead atoms. The van der Waals surface area contributed by atoms with Gasteiger partial charge in [-0.1, -0.05) is 48.6 Å². The molecule has 5 heteroatoms. The fourth-order valence-electron chi connectivity index (χ4n) is 4.00. The highest BCUT2D eigenvalue weighted by atomic mass is 19.1. The van der Waals surface area contributed by atoms with Crippen molar-refractivity contribution in [3.8, 4) is 0 Å². The van der Waals surface area contributed by atoms with E-state index in [-0.39, 0.29) is 18.3 Å². The molecule has 1 saturated carbocycles. The van der Waals surface area contributed by atoms with E-state index in [1.54, 1.807) is 0 Å².